The van der Waals surface area contributed by atoms with Crippen LogP contribution in [0.25, 0.3) is 0 Å². The third kappa shape index (κ3) is 2.44. The van der Waals surface area contributed by atoms with Gasteiger partial charge in [-0.3, -0.25) is 0 Å². The summed E-state index contributed by atoms with van der Waals surface area (Å²) in [4.78, 5) is 0. The minimum absolute atomic E-state index is 0.131. The molecule has 1 aromatic carbocycles. The first-order chi connectivity index (χ1) is 8.15. The molecule has 0 saturated heterocycles. The monoisotopic (exact) mass is 237 g/mol. The molecule has 17 heavy (non-hydrogen) atoms. The van der Waals surface area contributed by atoms with Gasteiger partial charge in [-0.05, 0) is 49.4 Å². The molecule has 2 rings (SSSR count). The molecule has 0 spiro atoms. The molecule has 0 saturated carbocycles. The first kappa shape index (κ1) is 12.4. The molecule has 1 N–H and O–H groups in total. The van der Waals surface area contributed by atoms with Crippen LogP contribution >= 0.6 is 0 Å². The zero-order chi connectivity index (χ0) is 12.4. The Bertz CT molecular complexity index is 405. The van der Waals surface area contributed by atoms with Crippen LogP contribution in [0.4, 0.5) is 4.39 Å². The van der Waals surface area contributed by atoms with E-state index in [-0.39, 0.29) is 11.9 Å². The summed E-state index contributed by atoms with van der Waals surface area (Å²) in [7, 11) is 3.51. The molecule has 1 aromatic rings. The van der Waals surface area contributed by atoms with Gasteiger partial charge in [0.1, 0.15) is 11.6 Å². The fourth-order valence-electron chi connectivity index (χ4n) is 2.64. The van der Waals surface area contributed by atoms with Crippen molar-refractivity contribution in [2.75, 3.05) is 14.2 Å². The second kappa shape index (κ2) is 5.05. The average molecular weight is 237 g/mol. The van der Waals surface area contributed by atoms with Crippen molar-refractivity contribution in [2.45, 2.75) is 32.2 Å². The highest BCUT2D eigenvalue weighted by Gasteiger charge is 2.24. The van der Waals surface area contributed by atoms with Crippen LogP contribution in [0.5, 0.6) is 5.75 Å². The number of rotatable bonds is 2. The second-order valence-corrected chi connectivity index (χ2v) is 4.90. The van der Waals surface area contributed by atoms with Crippen LogP contribution in [0.1, 0.15) is 36.9 Å². The van der Waals surface area contributed by atoms with Crippen LogP contribution in [-0.4, -0.2) is 14.2 Å². The lowest BCUT2D eigenvalue weighted by Crippen LogP contribution is -2.18. The van der Waals surface area contributed by atoms with E-state index in [4.69, 9.17) is 4.74 Å². The third-order valence-corrected chi connectivity index (χ3v) is 3.69. The number of nitrogens with one attached hydrogen (secondary N) is 1. The van der Waals surface area contributed by atoms with E-state index in [1.807, 2.05) is 13.1 Å². The molecule has 2 unspecified atom stereocenters. The molecule has 0 heterocycles. The fourth-order valence-corrected chi connectivity index (χ4v) is 2.64. The van der Waals surface area contributed by atoms with Gasteiger partial charge in [0.05, 0.1) is 7.11 Å². The normalized spacial score (nSPS) is 24.0. The molecule has 94 valence electrons. The van der Waals surface area contributed by atoms with Crippen molar-refractivity contribution < 1.29 is 9.13 Å². The molecular weight excluding hydrogens is 217 g/mol. The SMILES string of the molecule is CNC1CC(C)CCc2c(F)cc(OC)cc21. The second-order valence-electron chi connectivity index (χ2n) is 4.90. The molecule has 0 aliphatic heterocycles. The Balaban J connectivity index is 2.48. The summed E-state index contributed by atoms with van der Waals surface area (Å²) < 4.78 is 19.2. The van der Waals surface area contributed by atoms with Crippen molar-refractivity contribution in [3.05, 3.63) is 29.1 Å². The van der Waals surface area contributed by atoms with Gasteiger partial charge in [-0.1, -0.05) is 6.92 Å². The van der Waals surface area contributed by atoms with Crippen LogP contribution in [-0.2, 0) is 6.42 Å². The van der Waals surface area contributed by atoms with E-state index in [1.165, 1.54) is 6.07 Å². The van der Waals surface area contributed by atoms with Gasteiger partial charge in [-0.25, -0.2) is 4.39 Å². The van der Waals surface area contributed by atoms with Crippen LogP contribution in [0.15, 0.2) is 12.1 Å². The van der Waals surface area contributed by atoms with Crippen LogP contribution < -0.4 is 10.1 Å². The van der Waals surface area contributed by atoms with Crippen molar-refractivity contribution in [3.8, 4) is 5.75 Å². The molecule has 2 nitrogen and oxygen atoms in total. The van der Waals surface area contributed by atoms with E-state index in [0.717, 1.165) is 30.4 Å². The van der Waals surface area contributed by atoms with Gasteiger partial charge in [-0.15, -0.1) is 0 Å². The summed E-state index contributed by atoms with van der Waals surface area (Å²) in [5.41, 5.74) is 1.92. The maximum atomic E-state index is 14.0. The Morgan fingerprint density at radius 1 is 1.41 bits per heavy atom. The van der Waals surface area contributed by atoms with E-state index in [0.29, 0.717) is 11.7 Å². The van der Waals surface area contributed by atoms with E-state index in [1.54, 1.807) is 7.11 Å². The van der Waals surface area contributed by atoms with Crippen molar-refractivity contribution in [3.63, 3.8) is 0 Å². The smallest absolute Gasteiger partial charge is 0.130 e. The minimum Gasteiger partial charge on any atom is -0.497 e. The van der Waals surface area contributed by atoms with E-state index < -0.39 is 0 Å². The van der Waals surface area contributed by atoms with Gasteiger partial charge in [0.25, 0.3) is 0 Å². The molecule has 2 atom stereocenters. The van der Waals surface area contributed by atoms with Gasteiger partial charge in [0, 0.05) is 12.1 Å². The number of methoxy groups -OCH3 is 1. The first-order valence-electron chi connectivity index (χ1n) is 6.19. The molecular formula is C14H20FNO. The Morgan fingerprint density at radius 2 is 2.18 bits per heavy atom. The van der Waals surface area contributed by atoms with Gasteiger partial charge in [0.2, 0.25) is 0 Å². The molecule has 3 heteroatoms. The average Bonchev–Trinajstić information content (AvgIpc) is 2.48. The summed E-state index contributed by atoms with van der Waals surface area (Å²) in [6.45, 7) is 2.23. The van der Waals surface area contributed by atoms with Crippen molar-refractivity contribution in [2.24, 2.45) is 5.92 Å². The number of hydrogen-bond acceptors (Lipinski definition) is 2. The lowest BCUT2D eigenvalue weighted by molar-refractivity contribution is 0.406. The number of ether oxygens (including phenoxy) is 1. The van der Waals surface area contributed by atoms with Crippen molar-refractivity contribution in [1.82, 2.24) is 5.32 Å². The van der Waals surface area contributed by atoms with Gasteiger partial charge in [0.15, 0.2) is 0 Å². The number of hydrogen-bond donors (Lipinski definition) is 1. The molecule has 0 bridgehead atoms. The standard InChI is InChI=1S/C14H20FNO/c1-9-4-5-11-12(14(6-9)16-2)7-10(17-3)8-13(11)15/h7-9,14,16H,4-6H2,1-3H3. The predicted octanol–water partition coefficient (Wildman–Crippen LogP) is 3.07. The Hall–Kier alpha value is -1.09. The van der Waals surface area contributed by atoms with Crippen molar-refractivity contribution in [1.29, 1.82) is 0 Å². The molecule has 0 aromatic heterocycles. The maximum absolute atomic E-state index is 14.0. The summed E-state index contributed by atoms with van der Waals surface area (Å²) in [6, 6.07) is 3.69. The molecule has 0 amide bonds. The number of fused-ring (bicyclic) bond motifs is 1. The lowest BCUT2D eigenvalue weighted by atomic mass is 9.97. The van der Waals surface area contributed by atoms with Gasteiger partial charge < -0.3 is 10.1 Å². The topological polar surface area (TPSA) is 21.3 Å². The Kier molecular flexibility index (Phi) is 3.67. The lowest BCUT2D eigenvalue weighted by Gasteiger charge is -2.19. The maximum Gasteiger partial charge on any atom is 0.130 e. The highest BCUT2D eigenvalue weighted by Crippen LogP contribution is 2.35. The summed E-state index contributed by atoms with van der Waals surface area (Å²) in [5.74, 6) is 1.09. The summed E-state index contributed by atoms with van der Waals surface area (Å²) >= 11 is 0. The van der Waals surface area contributed by atoms with Crippen LogP contribution in [0.2, 0.25) is 0 Å². The van der Waals surface area contributed by atoms with Crippen molar-refractivity contribution >= 4 is 0 Å². The third-order valence-electron chi connectivity index (χ3n) is 3.69. The zero-order valence-corrected chi connectivity index (χ0v) is 10.7. The van der Waals surface area contributed by atoms with E-state index in [2.05, 4.69) is 12.2 Å². The Morgan fingerprint density at radius 3 is 2.82 bits per heavy atom. The minimum atomic E-state index is -0.131. The highest BCUT2D eigenvalue weighted by atomic mass is 19.1. The highest BCUT2D eigenvalue weighted by molar-refractivity contribution is 5.39. The molecule has 1 aliphatic rings. The largest absolute Gasteiger partial charge is 0.497 e. The van der Waals surface area contributed by atoms with E-state index in [9.17, 15) is 4.39 Å². The van der Waals surface area contributed by atoms with E-state index >= 15 is 0 Å². The Labute approximate surface area is 102 Å². The van der Waals surface area contributed by atoms with Crippen LogP contribution in [0, 0.1) is 11.7 Å². The first-order valence-corrected chi connectivity index (χ1v) is 6.19. The molecule has 0 fully saturated rings. The quantitative estimate of drug-likeness (QED) is 0.798. The zero-order valence-electron chi connectivity index (χ0n) is 10.7. The van der Waals surface area contributed by atoms with Crippen LogP contribution in [0.3, 0.4) is 0 Å². The number of halogens is 1. The molecule has 0 radical (unpaired) electrons. The fraction of sp³-hybridized carbons (Fsp3) is 0.571. The predicted molar refractivity (Wildman–Crippen MR) is 66.9 cm³/mol. The molecule has 1 aliphatic carbocycles. The van der Waals surface area contributed by atoms with Gasteiger partial charge in [-0.2, -0.15) is 0 Å². The number of benzene rings is 1. The summed E-state index contributed by atoms with van der Waals surface area (Å²) in [5, 5.41) is 3.29. The summed E-state index contributed by atoms with van der Waals surface area (Å²) in [6.07, 6.45) is 2.93. The van der Waals surface area contributed by atoms with Gasteiger partial charge >= 0.3 is 0 Å².